The standard InChI is InChI=1S/C67H42FNS2/c68-50-32-28-45(29-33-50)52-36-37-54(56-26-15-25-55-53-24-13-14-27-61(53)71-66(55)56)64-57-35-34-51(42-58(57)67(65(52)64,48-20-9-3-10-21-48)49-22-11-4-12-23-49)69-59-38-30-46(43-16-5-1-6-17-43)40-62(59)70-63-41-47(31-39-60(63)69)44-18-7-2-8-19-44/h1-42H. The number of anilines is 3. The lowest BCUT2D eigenvalue weighted by molar-refractivity contribution is 0.628. The van der Waals surface area contributed by atoms with E-state index in [1.165, 1.54) is 96.7 Å². The summed E-state index contributed by atoms with van der Waals surface area (Å²) >= 11 is 3.70. The van der Waals surface area contributed by atoms with Gasteiger partial charge in [-0.25, -0.2) is 4.39 Å². The zero-order valence-corrected chi connectivity index (χ0v) is 40.0. The molecule has 11 aromatic carbocycles. The van der Waals surface area contributed by atoms with E-state index >= 15 is 0 Å². The summed E-state index contributed by atoms with van der Waals surface area (Å²) in [6.07, 6.45) is 0. The molecule has 2 aliphatic rings. The van der Waals surface area contributed by atoms with Crippen LogP contribution in [0.4, 0.5) is 21.5 Å². The summed E-state index contributed by atoms with van der Waals surface area (Å²) in [5, 5.41) is 2.53. The highest BCUT2D eigenvalue weighted by atomic mass is 32.2. The molecule has 334 valence electrons. The van der Waals surface area contributed by atoms with E-state index in [4.69, 9.17) is 0 Å². The zero-order chi connectivity index (χ0) is 47.0. The van der Waals surface area contributed by atoms with Gasteiger partial charge >= 0.3 is 0 Å². The second-order valence-corrected chi connectivity index (χ2v) is 20.6. The van der Waals surface area contributed by atoms with E-state index in [9.17, 15) is 4.39 Å². The Labute approximate surface area is 420 Å². The number of thiophene rings is 1. The molecule has 1 aromatic heterocycles. The average Bonchev–Trinajstić information content (AvgIpc) is 3.97. The highest BCUT2D eigenvalue weighted by Crippen LogP contribution is 2.63. The van der Waals surface area contributed by atoms with Gasteiger partial charge in [0.15, 0.2) is 0 Å². The predicted molar refractivity (Wildman–Crippen MR) is 297 cm³/mol. The lowest BCUT2D eigenvalue weighted by atomic mass is 9.65. The normalized spacial score (nSPS) is 13.2. The van der Waals surface area contributed by atoms with Crippen LogP contribution in [0, 0.1) is 5.82 Å². The van der Waals surface area contributed by atoms with Crippen molar-refractivity contribution in [3.05, 3.63) is 283 Å². The van der Waals surface area contributed by atoms with Crippen LogP contribution in [-0.2, 0) is 5.41 Å². The fourth-order valence-corrected chi connectivity index (χ4v) is 13.9. The summed E-state index contributed by atoms with van der Waals surface area (Å²) in [7, 11) is 0. The van der Waals surface area contributed by atoms with E-state index in [0.29, 0.717) is 0 Å². The first-order valence-corrected chi connectivity index (χ1v) is 25.7. The second kappa shape index (κ2) is 16.7. The molecule has 0 amide bonds. The number of hydrogen-bond acceptors (Lipinski definition) is 3. The highest BCUT2D eigenvalue weighted by Gasteiger charge is 2.49. The van der Waals surface area contributed by atoms with E-state index in [2.05, 4.69) is 235 Å². The van der Waals surface area contributed by atoms with Crippen LogP contribution in [0.25, 0.3) is 75.8 Å². The molecule has 0 saturated carbocycles. The second-order valence-electron chi connectivity index (χ2n) is 18.4. The first-order chi connectivity index (χ1) is 35.1. The maximum absolute atomic E-state index is 14.9. The molecular weight excluding hydrogens is 902 g/mol. The van der Waals surface area contributed by atoms with E-state index in [-0.39, 0.29) is 5.82 Å². The van der Waals surface area contributed by atoms with Gasteiger partial charge in [-0.1, -0.05) is 212 Å². The van der Waals surface area contributed by atoms with Crippen molar-refractivity contribution in [2.75, 3.05) is 4.90 Å². The Hall–Kier alpha value is -8.28. The van der Waals surface area contributed by atoms with Gasteiger partial charge in [0, 0.05) is 41.2 Å². The van der Waals surface area contributed by atoms with Gasteiger partial charge in [-0.3, -0.25) is 0 Å². The molecule has 1 nitrogen and oxygen atoms in total. The fourth-order valence-electron chi connectivity index (χ4n) is 11.5. The van der Waals surface area contributed by atoms with Gasteiger partial charge in [-0.2, -0.15) is 0 Å². The van der Waals surface area contributed by atoms with Gasteiger partial charge in [0.25, 0.3) is 0 Å². The first-order valence-electron chi connectivity index (χ1n) is 24.1. The first kappa shape index (κ1) is 41.7. The molecule has 0 bridgehead atoms. The molecule has 0 saturated heterocycles. The van der Waals surface area contributed by atoms with Crippen LogP contribution in [0.2, 0.25) is 0 Å². The summed E-state index contributed by atoms with van der Waals surface area (Å²) in [6.45, 7) is 0. The minimum atomic E-state index is -0.790. The maximum atomic E-state index is 14.9. The van der Waals surface area contributed by atoms with Crippen molar-refractivity contribution in [1.29, 1.82) is 0 Å². The third-order valence-electron chi connectivity index (χ3n) is 14.6. The van der Waals surface area contributed by atoms with E-state index in [0.717, 1.165) is 28.2 Å². The Balaban J connectivity index is 1.08. The van der Waals surface area contributed by atoms with Crippen molar-refractivity contribution in [2.24, 2.45) is 0 Å². The van der Waals surface area contributed by atoms with Crippen molar-refractivity contribution in [3.63, 3.8) is 0 Å². The Bertz CT molecular complexity index is 3890. The third kappa shape index (κ3) is 6.59. The summed E-state index contributed by atoms with van der Waals surface area (Å²) in [4.78, 5) is 4.87. The molecule has 1 aliphatic heterocycles. The molecule has 0 fully saturated rings. The Morgan fingerprint density at radius 1 is 0.380 bits per heavy atom. The van der Waals surface area contributed by atoms with Crippen molar-refractivity contribution in [3.8, 4) is 55.6 Å². The van der Waals surface area contributed by atoms with Crippen molar-refractivity contribution in [2.45, 2.75) is 15.2 Å². The van der Waals surface area contributed by atoms with E-state index in [1.807, 2.05) is 35.2 Å². The van der Waals surface area contributed by atoms with Crippen LogP contribution in [0.5, 0.6) is 0 Å². The summed E-state index contributed by atoms with van der Waals surface area (Å²) in [5.41, 5.74) is 18.8. The van der Waals surface area contributed by atoms with Crippen LogP contribution in [0.3, 0.4) is 0 Å². The lowest BCUT2D eigenvalue weighted by Gasteiger charge is -2.37. The van der Waals surface area contributed by atoms with Crippen molar-refractivity contribution < 1.29 is 4.39 Å². The Morgan fingerprint density at radius 2 is 0.915 bits per heavy atom. The van der Waals surface area contributed by atoms with Gasteiger partial charge in [0.05, 0.1) is 16.8 Å². The Kier molecular flexibility index (Phi) is 9.80. The van der Waals surface area contributed by atoms with Crippen molar-refractivity contribution in [1.82, 2.24) is 0 Å². The average molecular weight is 944 g/mol. The van der Waals surface area contributed by atoms with E-state index in [1.54, 1.807) is 12.1 Å². The van der Waals surface area contributed by atoms with Gasteiger partial charge in [-0.05, 0) is 127 Å². The molecule has 0 atom stereocenters. The van der Waals surface area contributed by atoms with Crippen LogP contribution in [0.1, 0.15) is 22.3 Å². The van der Waals surface area contributed by atoms with Gasteiger partial charge in [0.1, 0.15) is 5.82 Å². The largest absolute Gasteiger partial charge is 0.308 e. The zero-order valence-electron chi connectivity index (χ0n) is 38.4. The number of halogens is 1. The number of rotatable bonds is 7. The third-order valence-corrected chi connectivity index (χ3v) is 16.9. The molecular formula is C67H42FNS2. The van der Waals surface area contributed by atoms with Crippen LogP contribution in [-0.4, -0.2) is 0 Å². The minimum absolute atomic E-state index is 0.254. The number of nitrogens with zero attached hydrogens (tertiary/aromatic N) is 1. The molecule has 2 heterocycles. The molecule has 12 aromatic rings. The number of benzene rings is 11. The predicted octanol–water partition coefficient (Wildman–Crippen LogP) is 19.2. The number of hydrogen-bond donors (Lipinski definition) is 0. The van der Waals surface area contributed by atoms with Crippen LogP contribution >= 0.6 is 23.1 Å². The van der Waals surface area contributed by atoms with E-state index < -0.39 is 5.41 Å². The number of fused-ring (bicyclic) bond motifs is 8. The van der Waals surface area contributed by atoms with Crippen LogP contribution < -0.4 is 4.90 Å². The minimum Gasteiger partial charge on any atom is -0.308 e. The van der Waals surface area contributed by atoms with Gasteiger partial charge in [0.2, 0.25) is 0 Å². The molecule has 0 radical (unpaired) electrons. The molecule has 1 aliphatic carbocycles. The molecule has 71 heavy (non-hydrogen) atoms. The monoisotopic (exact) mass is 943 g/mol. The highest BCUT2D eigenvalue weighted by molar-refractivity contribution is 7.99. The summed E-state index contributed by atoms with van der Waals surface area (Å²) < 4.78 is 17.5. The maximum Gasteiger partial charge on any atom is 0.123 e. The van der Waals surface area contributed by atoms with Gasteiger partial charge < -0.3 is 4.90 Å². The molecule has 14 rings (SSSR count). The van der Waals surface area contributed by atoms with Gasteiger partial charge in [-0.15, -0.1) is 11.3 Å². The topological polar surface area (TPSA) is 3.24 Å². The molecule has 4 heteroatoms. The quantitative estimate of drug-likeness (QED) is 0.157. The molecule has 0 unspecified atom stereocenters. The Morgan fingerprint density at radius 3 is 1.55 bits per heavy atom. The molecule has 0 spiro atoms. The smallest absolute Gasteiger partial charge is 0.123 e. The molecule has 0 N–H and O–H groups in total. The van der Waals surface area contributed by atoms with Crippen molar-refractivity contribution >= 4 is 60.3 Å². The van der Waals surface area contributed by atoms with Crippen LogP contribution in [0.15, 0.2) is 265 Å². The fraction of sp³-hybridized carbons (Fsp3) is 0.0149. The summed E-state index contributed by atoms with van der Waals surface area (Å²) in [6, 6.07) is 91.7. The lowest BCUT2D eigenvalue weighted by Crippen LogP contribution is -2.29. The summed E-state index contributed by atoms with van der Waals surface area (Å²) in [5.74, 6) is -0.254. The SMILES string of the molecule is Fc1ccc(-c2ccc(-c3cccc4c3sc3ccccc34)c3c2C(c2ccccc2)(c2ccccc2)c2cc(N4c5ccc(-c6ccccc6)cc5Sc5cc(-c6ccccc6)ccc54)ccc2-3)cc1.